The van der Waals surface area contributed by atoms with Crippen LogP contribution >= 0.6 is 22.9 Å². The highest BCUT2D eigenvalue weighted by Gasteiger charge is 2.14. The van der Waals surface area contributed by atoms with Gasteiger partial charge in [0.2, 0.25) is 0 Å². The van der Waals surface area contributed by atoms with Gasteiger partial charge in [0, 0.05) is 29.6 Å². The molecule has 0 spiro atoms. The minimum absolute atomic E-state index is 0.305. The summed E-state index contributed by atoms with van der Waals surface area (Å²) in [6.07, 6.45) is 3.29. The Balaban J connectivity index is 1.87. The topological polar surface area (TPSA) is 68.0 Å². The van der Waals surface area contributed by atoms with E-state index in [1.807, 2.05) is 18.5 Å². The number of hydrogen-bond acceptors (Lipinski definition) is 6. The Bertz CT molecular complexity index is 723. The van der Waals surface area contributed by atoms with Crippen molar-refractivity contribution in [2.24, 2.45) is 0 Å². The first-order chi connectivity index (χ1) is 9.66. The van der Waals surface area contributed by atoms with Gasteiger partial charge >= 0.3 is 0 Å². The summed E-state index contributed by atoms with van der Waals surface area (Å²) in [7, 11) is 0. The van der Waals surface area contributed by atoms with Crippen LogP contribution in [0.1, 0.15) is 23.4 Å². The van der Waals surface area contributed by atoms with Gasteiger partial charge < -0.3 is 5.32 Å². The maximum Gasteiger partial charge on any atom is 0.255 e. The Morgan fingerprint density at radius 1 is 1.45 bits per heavy atom. The first kappa shape index (κ1) is 13.3. The van der Waals surface area contributed by atoms with Gasteiger partial charge in [0.1, 0.15) is 17.3 Å². The summed E-state index contributed by atoms with van der Waals surface area (Å²) < 4.78 is 1.66. The molecule has 20 heavy (non-hydrogen) atoms. The zero-order valence-electron chi connectivity index (χ0n) is 11.0. The van der Waals surface area contributed by atoms with E-state index in [1.54, 1.807) is 15.9 Å². The van der Waals surface area contributed by atoms with Crippen molar-refractivity contribution in [3.05, 3.63) is 33.6 Å². The lowest BCUT2D eigenvalue weighted by Gasteiger charge is -2.14. The average Bonchev–Trinajstić information content (AvgIpc) is 3.09. The third-order valence-corrected chi connectivity index (χ3v) is 4.43. The van der Waals surface area contributed by atoms with Crippen LogP contribution in [0.15, 0.2) is 17.9 Å². The van der Waals surface area contributed by atoms with Crippen molar-refractivity contribution in [1.29, 1.82) is 0 Å². The van der Waals surface area contributed by atoms with Crippen molar-refractivity contribution in [1.82, 2.24) is 24.6 Å². The van der Waals surface area contributed by atoms with E-state index in [2.05, 4.69) is 32.3 Å². The molecule has 0 fully saturated rings. The largest absolute Gasteiger partial charge is 0.369 e. The summed E-state index contributed by atoms with van der Waals surface area (Å²) in [5, 5.41) is 11.1. The third kappa shape index (κ3) is 2.34. The number of halogens is 1. The van der Waals surface area contributed by atoms with Crippen LogP contribution in [0.5, 0.6) is 0 Å². The first-order valence-electron chi connectivity index (χ1n) is 6.16. The maximum absolute atomic E-state index is 6.12. The van der Waals surface area contributed by atoms with E-state index in [0.29, 0.717) is 16.8 Å². The number of hydrogen-bond donors (Lipinski definition) is 1. The highest BCUT2D eigenvalue weighted by atomic mass is 35.5. The number of thiazole rings is 1. The first-order valence-corrected chi connectivity index (χ1v) is 7.41. The second-order valence-electron chi connectivity index (χ2n) is 4.50. The van der Waals surface area contributed by atoms with Crippen molar-refractivity contribution < 1.29 is 0 Å². The van der Waals surface area contributed by atoms with Crippen molar-refractivity contribution in [2.75, 3.05) is 11.9 Å². The second kappa shape index (κ2) is 5.34. The lowest BCUT2D eigenvalue weighted by atomic mass is 10.2. The quantitative estimate of drug-likeness (QED) is 0.751. The van der Waals surface area contributed by atoms with Gasteiger partial charge in [0.15, 0.2) is 0 Å². The molecule has 0 saturated carbocycles. The minimum Gasteiger partial charge on any atom is -0.369 e. The summed E-state index contributed by atoms with van der Waals surface area (Å²) in [5.74, 6) is 1.62. The van der Waals surface area contributed by atoms with Crippen LogP contribution in [-0.4, -0.2) is 31.1 Å². The summed E-state index contributed by atoms with van der Waals surface area (Å²) in [6.45, 7) is 4.78. The van der Waals surface area contributed by atoms with Gasteiger partial charge in [-0.1, -0.05) is 18.5 Å². The molecule has 1 atom stereocenters. The van der Waals surface area contributed by atoms with Gasteiger partial charge in [-0.2, -0.15) is 19.6 Å². The Hall–Kier alpha value is -1.73. The SMILES string of the molecule is Cc1c(Cl)nc2ncnn2c1NCC(C)c1nccs1. The van der Waals surface area contributed by atoms with Crippen molar-refractivity contribution in [3.63, 3.8) is 0 Å². The molecule has 8 heteroatoms. The normalized spacial score (nSPS) is 12.8. The molecule has 0 bridgehead atoms. The van der Waals surface area contributed by atoms with E-state index in [4.69, 9.17) is 11.6 Å². The minimum atomic E-state index is 0.305. The van der Waals surface area contributed by atoms with E-state index < -0.39 is 0 Å². The summed E-state index contributed by atoms with van der Waals surface area (Å²) >= 11 is 7.78. The van der Waals surface area contributed by atoms with Gasteiger partial charge in [0.05, 0.1) is 5.01 Å². The summed E-state index contributed by atoms with van der Waals surface area (Å²) in [4.78, 5) is 12.6. The fourth-order valence-corrected chi connectivity index (χ4v) is 2.78. The molecule has 3 rings (SSSR count). The molecule has 104 valence electrons. The van der Waals surface area contributed by atoms with Crippen LogP contribution in [0, 0.1) is 6.92 Å². The van der Waals surface area contributed by atoms with E-state index >= 15 is 0 Å². The lowest BCUT2D eigenvalue weighted by Crippen LogP contribution is -2.14. The van der Waals surface area contributed by atoms with Gasteiger partial charge in [-0.25, -0.2) is 4.98 Å². The van der Waals surface area contributed by atoms with Gasteiger partial charge in [-0.05, 0) is 6.92 Å². The van der Waals surface area contributed by atoms with Gasteiger partial charge in [-0.3, -0.25) is 0 Å². The molecule has 0 aliphatic rings. The molecule has 6 nitrogen and oxygen atoms in total. The van der Waals surface area contributed by atoms with Crippen molar-refractivity contribution in [2.45, 2.75) is 19.8 Å². The van der Waals surface area contributed by atoms with Crippen LogP contribution < -0.4 is 5.32 Å². The Kier molecular flexibility index (Phi) is 3.54. The highest BCUT2D eigenvalue weighted by molar-refractivity contribution is 7.09. The second-order valence-corrected chi connectivity index (χ2v) is 5.78. The monoisotopic (exact) mass is 308 g/mol. The Morgan fingerprint density at radius 3 is 3.05 bits per heavy atom. The number of rotatable bonds is 4. The maximum atomic E-state index is 6.12. The molecular formula is C12H13ClN6S. The zero-order chi connectivity index (χ0) is 14.1. The third-order valence-electron chi connectivity index (χ3n) is 3.05. The molecule has 3 aromatic heterocycles. The molecule has 0 aromatic carbocycles. The van der Waals surface area contributed by atoms with Crippen LogP contribution in [0.4, 0.5) is 5.82 Å². The van der Waals surface area contributed by atoms with Crippen LogP contribution in [-0.2, 0) is 0 Å². The highest BCUT2D eigenvalue weighted by Crippen LogP contribution is 2.24. The van der Waals surface area contributed by atoms with Crippen LogP contribution in [0.3, 0.4) is 0 Å². The van der Waals surface area contributed by atoms with E-state index in [1.165, 1.54) is 6.33 Å². The summed E-state index contributed by atoms with van der Waals surface area (Å²) in [6, 6.07) is 0. The zero-order valence-corrected chi connectivity index (χ0v) is 12.6. The number of nitrogens with zero attached hydrogens (tertiary/aromatic N) is 5. The molecular weight excluding hydrogens is 296 g/mol. The fraction of sp³-hybridized carbons (Fsp3) is 0.333. The van der Waals surface area contributed by atoms with Gasteiger partial charge in [0.25, 0.3) is 5.78 Å². The molecule has 0 amide bonds. The number of nitrogens with one attached hydrogen (secondary N) is 1. The van der Waals surface area contributed by atoms with Crippen LogP contribution in [0.25, 0.3) is 5.78 Å². The van der Waals surface area contributed by atoms with E-state index in [9.17, 15) is 0 Å². The van der Waals surface area contributed by atoms with Gasteiger partial charge in [-0.15, -0.1) is 11.3 Å². The van der Waals surface area contributed by atoms with E-state index in [0.717, 1.165) is 22.9 Å². The summed E-state index contributed by atoms with van der Waals surface area (Å²) in [5.41, 5.74) is 0.857. The molecule has 1 unspecified atom stereocenters. The van der Waals surface area contributed by atoms with E-state index in [-0.39, 0.29) is 0 Å². The fourth-order valence-electron chi connectivity index (χ4n) is 1.92. The predicted molar refractivity (Wildman–Crippen MR) is 79.5 cm³/mol. The molecule has 3 aromatic rings. The number of fused-ring (bicyclic) bond motifs is 1. The molecule has 0 radical (unpaired) electrons. The smallest absolute Gasteiger partial charge is 0.255 e. The number of aromatic nitrogens is 5. The van der Waals surface area contributed by atoms with Crippen molar-refractivity contribution >= 4 is 34.5 Å². The molecule has 3 heterocycles. The van der Waals surface area contributed by atoms with Crippen molar-refractivity contribution in [3.8, 4) is 0 Å². The molecule has 0 aliphatic carbocycles. The predicted octanol–water partition coefficient (Wildman–Crippen LogP) is 2.76. The molecule has 1 N–H and O–H groups in total. The average molecular weight is 309 g/mol. The molecule has 0 saturated heterocycles. The standard InChI is InChI=1S/C12H13ClN6S/c1-7(11-14-3-4-20-11)5-15-10-8(2)9(13)18-12-16-6-17-19(10)12/h3-4,6-7,15H,5H2,1-2H3. The Morgan fingerprint density at radius 2 is 2.30 bits per heavy atom. The lowest BCUT2D eigenvalue weighted by molar-refractivity contribution is 0.782. The van der Waals surface area contributed by atoms with Crippen LogP contribution in [0.2, 0.25) is 5.15 Å². The Labute approximate surface area is 124 Å². The number of anilines is 1. The molecule has 0 aliphatic heterocycles.